The molecule has 0 aliphatic heterocycles. The zero-order valence-electron chi connectivity index (χ0n) is 6.55. The van der Waals surface area contributed by atoms with Crippen LogP contribution in [-0.4, -0.2) is 0 Å². The molecule has 1 aromatic carbocycles. The Bertz CT molecular complexity index is 323. The summed E-state index contributed by atoms with van der Waals surface area (Å²) in [5.74, 6) is 0. The molecule has 0 fully saturated rings. The molecule has 11 heavy (non-hydrogen) atoms. The van der Waals surface area contributed by atoms with Crippen LogP contribution in [0.2, 0.25) is 0 Å². The third kappa shape index (κ3) is 1.38. The Hall–Kier alpha value is -0.940. The molecule has 0 aromatic heterocycles. The van der Waals surface area contributed by atoms with E-state index >= 15 is 0 Å². The number of rotatable bonds is 0. The summed E-state index contributed by atoms with van der Waals surface area (Å²) in [5.41, 5.74) is 2.73. The summed E-state index contributed by atoms with van der Waals surface area (Å²) in [6.45, 7) is 3.84. The molecule has 0 amide bonds. The molecule has 0 saturated heterocycles. The van der Waals surface area contributed by atoms with E-state index in [1.807, 2.05) is 26.0 Å². The van der Waals surface area contributed by atoms with Crippen LogP contribution in [0.15, 0.2) is 17.0 Å². The van der Waals surface area contributed by atoms with Gasteiger partial charge in [-0.15, -0.1) is 12.6 Å². The van der Waals surface area contributed by atoms with E-state index in [-0.39, 0.29) is 0 Å². The molecular formula is C9H9NS. The van der Waals surface area contributed by atoms with Gasteiger partial charge in [-0.2, -0.15) is 5.26 Å². The molecule has 0 bridgehead atoms. The number of hydrogen-bond donors (Lipinski definition) is 1. The Morgan fingerprint density at radius 1 is 1.36 bits per heavy atom. The molecule has 0 N–H and O–H groups in total. The fourth-order valence-corrected chi connectivity index (χ4v) is 1.19. The summed E-state index contributed by atoms with van der Waals surface area (Å²) >= 11 is 4.22. The molecule has 0 unspecified atom stereocenters. The van der Waals surface area contributed by atoms with Gasteiger partial charge in [-0.3, -0.25) is 0 Å². The maximum atomic E-state index is 8.74. The normalized spacial score (nSPS) is 9.27. The van der Waals surface area contributed by atoms with Crippen molar-refractivity contribution in [2.75, 3.05) is 0 Å². The summed E-state index contributed by atoms with van der Waals surface area (Å²) in [6.07, 6.45) is 0. The number of hydrogen-bond acceptors (Lipinski definition) is 2. The van der Waals surface area contributed by atoms with Gasteiger partial charge in [0, 0.05) is 4.90 Å². The van der Waals surface area contributed by atoms with E-state index in [0.717, 1.165) is 21.6 Å². The monoisotopic (exact) mass is 163 g/mol. The lowest BCUT2D eigenvalue weighted by molar-refractivity contribution is 1.23. The summed E-state index contributed by atoms with van der Waals surface area (Å²) in [4.78, 5) is 0.882. The minimum Gasteiger partial charge on any atom is -0.192 e. The second-order valence-electron chi connectivity index (χ2n) is 2.51. The van der Waals surface area contributed by atoms with Gasteiger partial charge < -0.3 is 0 Å². The zero-order chi connectivity index (χ0) is 8.43. The molecule has 0 atom stereocenters. The van der Waals surface area contributed by atoms with Gasteiger partial charge in [0.2, 0.25) is 0 Å². The topological polar surface area (TPSA) is 23.8 Å². The number of thiol groups is 1. The van der Waals surface area contributed by atoms with Crippen LogP contribution >= 0.6 is 12.6 Å². The maximum Gasteiger partial charge on any atom is 0.0997 e. The molecule has 2 heteroatoms. The fourth-order valence-electron chi connectivity index (χ4n) is 1.01. The number of benzene rings is 1. The quantitative estimate of drug-likeness (QED) is 0.583. The van der Waals surface area contributed by atoms with Crippen molar-refractivity contribution in [1.29, 1.82) is 5.26 Å². The SMILES string of the molecule is Cc1ccc(S)c(C)c1C#N. The van der Waals surface area contributed by atoms with E-state index in [0.29, 0.717) is 0 Å². The summed E-state index contributed by atoms with van der Waals surface area (Å²) in [6, 6.07) is 5.98. The fraction of sp³-hybridized carbons (Fsp3) is 0.222. The highest BCUT2D eigenvalue weighted by molar-refractivity contribution is 7.80. The molecule has 1 rings (SSSR count). The lowest BCUT2D eigenvalue weighted by Crippen LogP contribution is -1.88. The first-order valence-electron chi connectivity index (χ1n) is 3.36. The minimum atomic E-state index is 0.748. The summed E-state index contributed by atoms with van der Waals surface area (Å²) in [7, 11) is 0. The van der Waals surface area contributed by atoms with Crippen molar-refractivity contribution in [3.8, 4) is 6.07 Å². The summed E-state index contributed by atoms with van der Waals surface area (Å²) < 4.78 is 0. The number of aryl methyl sites for hydroxylation is 1. The van der Waals surface area contributed by atoms with Gasteiger partial charge in [0.15, 0.2) is 0 Å². The molecule has 0 radical (unpaired) electrons. The van der Waals surface area contributed by atoms with Gasteiger partial charge >= 0.3 is 0 Å². The van der Waals surface area contributed by atoms with Crippen molar-refractivity contribution in [2.45, 2.75) is 18.7 Å². The van der Waals surface area contributed by atoms with Gasteiger partial charge in [0.25, 0.3) is 0 Å². The molecule has 1 nitrogen and oxygen atoms in total. The molecule has 0 aliphatic carbocycles. The first-order valence-corrected chi connectivity index (χ1v) is 3.81. The van der Waals surface area contributed by atoms with Crippen LogP contribution in [0.3, 0.4) is 0 Å². The highest BCUT2D eigenvalue weighted by Gasteiger charge is 2.02. The van der Waals surface area contributed by atoms with Crippen LogP contribution in [0.5, 0.6) is 0 Å². The van der Waals surface area contributed by atoms with Crippen LogP contribution in [0.4, 0.5) is 0 Å². The highest BCUT2D eigenvalue weighted by Crippen LogP contribution is 2.19. The Morgan fingerprint density at radius 2 is 2.00 bits per heavy atom. The van der Waals surface area contributed by atoms with Crippen molar-refractivity contribution < 1.29 is 0 Å². The van der Waals surface area contributed by atoms with Crippen molar-refractivity contribution in [1.82, 2.24) is 0 Å². The van der Waals surface area contributed by atoms with Crippen LogP contribution in [0, 0.1) is 25.2 Å². The van der Waals surface area contributed by atoms with Gasteiger partial charge in [0.1, 0.15) is 0 Å². The van der Waals surface area contributed by atoms with E-state index in [2.05, 4.69) is 18.7 Å². The van der Waals surface area contributed by atoms with Crippen molar-refractivity contribution in [2.24, 2.45) is 0 Å². The third-order valence-electron chi connectivity index (χ3n) is 1.76. The van der Waals surface area contributed by atoms with Gasteiger partial charge in [-0.25, -0.2) is 0 Å². The smallest absolute Gasteiger partial charge is 0.0997 e. The predicted molar refractivity (Wildman–Crippen MR) is 47.9 cm³/mol. The van der Waals surface area contributed by atoms with Crippen LogP contribution < -0.4 is 0 Å². The third-order valence-corrected chi connectivity index (χ3v) is 2.24. The Balaban J connectivity index is 3.44. The first kappa shape index (κ1) is 8.16. The van der Waals surface area contributed by atoms with Crippen molar-refractivity contribution >= 4 is 12.6 Å². The minimum absolute atomic E-state index is 0.748. The van der Waals surface area contributed by atoms with E-state index in [1.165, 1.54) is 0 Å². The van der Waals surface area contributed by atoms with Crippen LogP contribution in [0.25, 0.3) is 0 Å². The van der Waals surface area contributed by atoms with Gasteiger partial charge in [0.05, 0.1) is 11.6 Å². The van der Waals surface area contributed by atoms with E-state index in [1.54, 1.807) is 0 Å². The average Bonchev–Trinajstić information content (AvgIpc) is 1.99. The second-order valence-corrected chi connectivity index (χ2v) is 3.00. The highest BCUT2D eigenvalue weighted by atomic mass is 32.1. The molecule has 56 valence electrons. The summed E-state index contributed by atoms with van der Waals surface area (Å²) in [5, 5.41) is 8.74. The predicted octanol–water partition coefficient (Wildman–Crippen LogP) is 2.46. The molecule has 0 aliphatic rings. The van der Waals surface area contributed by atoms with E-state index in [9.17, 15) is 0 Å². The Kier molecular flexibility index (Phi) is 2.21. The molecule has 0 saturated carbocycles. The van der Waals surface area contributed by atoms with Crippen molar-refractivity contribution in [3.05, 3.63) is 28.8 Å². The molecule has 0 heterocycles. The maximum absolute atomic E-state index is 8.74. The van der Waals surface area contributed by atoms with Gasteiger partial charge in [-0.1, -0.05) is 6.07 Å². The van der Waals surface area contributed by atoms with Crippen molar-refractivity contribution in [3.63, 3.8) is 0 Å². The van der Waals surface area contributed by atoms with Gasteiger partial charge in [-0.05, 0) is 31.0 Å². The lowest BCUT2D eigenvalue weighted by atomic mass is 10.0. The Labute approximate surface area is 72.1 Å². The largest absolute Gasteiger partial charge is 0.192 e. The number of nitrogens with zero attached hydrogens (tertiary/aromatic N) is 1. The Morgan fingerprint density at radius 3 is 2.45 bits per heavy atom. The molecule has 1 aromatic rings. The zero-order valence-corrected chi connectivity index (χ0v) is 7.44. The first-order chi connectivity index (χ1) is 5.16. The van der Waals surface area contributed by atoms with Crippen LogP contribution in [-0.2, 0) is 0 Å². The second kappa shape index (κ2) is 2.98. The molecule has 0 spiro atoms. The average molecular weight is 163 g/mol. The van der Waals surface area contributed by atoms with Crippen LogP contribution in [0.1, 0.15) is 16.7 Å². The lowest BCUT2D eigenvalue weighted by Gasteiger charge is -2.03. The van der Waals surface area contributed by atoms with E-state index in [4.69, 9.17) is 5.26 Å². The standard InChI is InChI=1S/C9H9NS/c1-6-3-4-9(11)7(2)8(6)5-10/h3-4,11H,1-2H3. The number of nitriles is 1. The van der Waals surface area contributed by atoms with E-state index < -0.39 is 0 Å². The molecular weight excluding hydrogens is 154 g/mol.